The second-order valence-corrected chi connectivity index (χ2v) is 6.49. The van der Waals surface area contributed by atoms with E-state index in [0.29, 0.717) is 10.0 Å². The molecule has 0 spiro atoms. The number of hydrogen-bond donors (Lipinski definition) is 1. The van der Waals surface area contributed by atoms with Gasteiger partial charge < -0.3 is 5.32 Å². The van der Waals surface area contributed by atoms with Gasteiger partial charge in [-0.2, -0.15) is 5.10 Å². The lowest BCUT2D eigenvalue weighted by Gasteiger charge is -2.21. The van der Waals surface area contributed by atoms with Crippen molar-refractivity contribution in [2.45, 2.75) is 32.9 Å². The maximum atomic E-state index is 6.42. The minimum absolute atomic E-state index is 0.0721. The third-order valence-electron chi connectivity index (χ3n) is 3.22. The van der Waals surface area contributed by atoms with Crippen LogP contribution in [0.25, 0.3) is 0 Å². The topological polar surface area (TPSA) is 29.9 Å². The molecule has 1 aromatic carbocycles. The van der Waals surface area contributed by atoms with Crippen LogP contribution in [-0.2, 0) is 6.54 Å². The van der Waals surface area contributed by atoms with E-state index in [-0.39, 0.29) is 6.04 Å². The number of aromatic nitrogens is 2. The van der Waals surface area contributed by atoms with Gasteiger partial charge in [0.1, 0.15) is 0 Å². The van der Waals surface area contributed by atoms with Crippen molar-refractivity contribution in [3.63, 3.8) is 0 Å². The Balaban J connectivity index is 2.50. The Bertz CT molecular complexity index is 613. The molecule has 0 radical (unpaired) electrons. The van der Waals surface area contributed by atoms with Gasteiger partial charge in [0.05, 0.1) is 23.0 Å². The summed E-state index contributed by atoms with van der Waals surface area (Å²) in [6.45, 7) is 5.82. The molecule has 1 N–H and O–H groups in total. The van der Waals surface area contributed by atoms with Crippen molar-refractivity contribution >= 4 is 39.1 Å². The van der Waals surface area contributed by atoms with Gasteiger partial charge in [-0.3, -0.25) is 4.68 Å². The summed E-state index contributed by atoms with van der Waals surface area (Å²) in [6, 6.07) is 5.83. The van der Waals surface area contributed by atoms with Crippen molar-refractivity contribution in [2.24, 2.45) is 0 Å². The van der Waals surface area contributed by atoms with E-state index in [9.17, 15) is 0 Å². The molecule has 0 saturated carbocycles. The standard InChI is InChI=1S/C15H18BrCl2N3/c1-3-7-21-15(13(18)9-20-21)14(19-4-2)11-6-5-10(16)8-12(11)17/h5-6,8-9,14,19H,3-4,7H2,1-2H3. The van der Waals surface area contributed by atoms with Crippen LogP contribution in [0.4, 0.5) is 0 Å². The van der Waals surface area contributed by atoms with Crippen molar-refractivity contribution in [3.05, 3.63) is 50.2 Å². The second-order valence-electron chi connectivity index (χ2n) is 4.76. The summed E-state index contributed by atoms with van der Waals surface area (Å²) in [4.78, 5) is 0. The highest BCUT2D eigenvalue weighted by atomic mass is 79.9. The smallest absolute Gasteiger partial charge is 0.0837 e. The molecule has 0 saturated heterocycles. The number of halogens is 3. The molecule has 114 valence electrons. The molecule has 1 heterocycles. The summed E-state index contributed by atoms with van der Waals surface area (Å²) in [5, 5.41) is 9.19. The predicted molar refractivity (Wildman–Crippen MR) is 92.2 cm³/mol. The van der Waals surface area contributed by atoms with Gasteiger partial charge in [0.25, 0.3) is 0 Å². The van der Waals surface area contributed by atoms with Crippen LogP contribution in [0.2, 0.25) is 10.0 Å². The molecule has 2 aromatic rings. The van der Waals surface area contributed by atoms with Crippen molar-refractivity contribution in [3.8, 4) is 0 Å². The fourth-order valence-corrected chi connectivity index (χ4v) is 3.38. The van der Waals surface area contributed by atoms with Crippen molar-refractivity contribution in [1.29, 1.82) is 0 Å². The van der Waals surface area contributed by atoms with E-state index in [0.717, 1.165) is 35.2 Å². The van der Waals surface area contributed by atoms with Gasteiger partial charge >= 0.3 is 0 Å². The Morgan fingerprint density at radius 3 is 2.67 bits per heavy atom. The molecule has 0 amide bonds. The molecule has 1 unspecified atom stereocenters. The molecule has 3 nitrogen and oxygen atoms in total. The third-order valence-corrected chi connectivity index (χ3v) is 4.34. The van der Waals surface area contributed by atoms with Gasteiger partial charge in [-0.15, -0.1) is 0 Å². The lowest BCUT2D eigenvalue weighted by atomic mass is 10.0. The molecule has 21 heavy (non-hydrogen) atoms. The second kappa shape index (κ2) is 7.63. The van der Waals surface area contributed by atoms with Crippen LogP contribution in [-0.4, -0.2) is 16.3 Å². The zero-order valence-corrected chi connectivity index (χ0v) is 15.1. The van der Waals surface area contributed by atoms with Gasteiger partial charge in [-0.05, 0) is 30.7 Å². The summed E-state index contributed by atoms with van der Waals surface area (Å²) >= 11 is 16.2. The van der Waals surface area contributed by atoms with Crippen molar-refractivity contribution in [2.75, 3.05) is 6.54 Å². The first kappa shape index (κ1) is 16.8. The number of benzene rings is 1. The van der Waals surface area contributed by atoms with Gasteiger partial charge in [-0.25, -0.2) is 0 Å². The Kier molecular flexibility index (Phi) is 6.11. The summed E-state index contributed by atoms with van der Waals surface area (Å²) in [5.41, 5.74) is 1.96. The van der Waals surface area contributed by atoms with E-state index in [2.05, 4.69) is 40.2 Å². The van der Waals surface area contributed by atoms with Gasteiger partial charge in [-0.1, -0.05) is 59.0 Å². The molecule has 0 aliphatic heterocycles. The van der Waals surface area contributed by atoms with E-state index in [1.54, 1.807) is 6.20 Å². The van der Waals surface area contributed by atoms with Crippen molar-refractivity contribution in [1.82, 2.24) is 15.1 Å². The Labute approximate surface area is 143 Å². The number of aryl methyl sites for hydroxylation is 1. The molecule has 2 rings (SSSR count). The van der Waals surface area contributed by atoms with Crippen LogP contribution in [0.15, 0.2) is 28.9 Å². The highest BCUT2D eigenvalue weighted by Gasteiger charge is 2.23. The summed E-state index contributed by atoms with van der Waals surface area (Å²) in [7, 11) is 0. The monoisotopic (exact) mass is 389 g/mol. The molecule has 1 aromatic heterocycles. The molecule has 6 heteroatoms. The SMILES string of the molecule is CCCn1ncc(Cl)c1C(NCC)c1ccc(Br)cc1Cl. The fourth-order valence-electron chi connectivity index (χ4n) is 2.34. The Morgan fingerprint density at radius 2 is 2.05 bits per heavy atom. The number of nitrogens with zero attached hydrogens (tertiary/aromatic N) is 2. The van der Waals surface area contributed by atoms with Gasteiger partial charge in [0.2, 0.25) is 0 Å². The number of rotatable bonds is 6. The molecule has 0 bridgehead atoms. The largest absolute Gasteiger partial charge is 0.305 e. The average molecular weight is 391 g/mol. The van der Waals surface area contributed by atoms with Gasteiger partial charge in [0, 0.05) is 16.0 Å². The predicted octanol–water partition coefficient (Wildman–Crippen LogP) is 5.06. The van der Waals surface area contributed by atoms with E-state index in [4.69, 9.17) is 23.2 Å². The van der Waals surface area contributed by atoms with E-state index < -0.39 is 0 Å². The Morgan fingerprint density at radius 1 is 1.29 bits per heavy atom. The molecular formula is C15H18BrCl2N3. The zero-order valence-electron chi connectivity index (χ0n) is 12.0. The first-order chi connectivity index (χ1) is 10.1. The number of nitrogens with one attached hydrogen (secondary N) is 1. The minimum Gasteiger partial charge on any atom is -0.305 e. The minimum atomic E-state index is -0.0721. The van der Waals surface area contributed by atoms with E-state index >= 15 is 0 Å². The van der Waals surface area contributed by atoms with Crippen molar-refractivity contribution < 1.29 is 0 Å². The molecule has 1 atom stereocenters. The molecule has 0 aliphatic rings. The van der Waals surface area contributed by atoms with Gasteiger partial charge in [0.15, 0.2) is 0 Å². The lowest BCUT2D eigenvalue weighted by molar-refractivity contribution is 0.520. The molecular weight excluding hydrogens is 373 g/mol. The highest BCUT2D eigenvalue weighted by molar-refractivity contribution is 9.10. The van der Waals surface area contributed by atoms with E-state index in [1.807, 2.05) is 22.9 Å². The van der Waals surface area contributed by atoms with Crippen LogP contribution < -0.4 is 5.32 Å². The first-order valence-electron chi connectivity index (χ1n) is 6.98. The first-order valence-corrected chi connectivity index (χ1v) is 8.52. The van der Waals surface area contributed by atoms with Crippen LogP contribution in [0, 0.1) is 0 Å². The summed E-state index contributed by atoms with van der Waals surface area (Å²) < 4.78 is 2.91. The van der Waals surface area contributed by atoms with Crippen LogP contribution >= 0.6 is 39.1 Å². The maximum Gasteiger partial charge on any atom is 0.0837 e. The lowest BCUT2D eigenvalue weighted by Crippen LogP contribution is -2.25. The molecule has 0 fully saturated rings. The quantitative estimate of drug-likeness (QED) is 0.746. The average Bonchev–Trinajstić information content (AvgIpc) is 2.79. The van der Waals surface area contributed by atoms with Crippen LogP contribution in [0.5, 0.6) is 0 Å². The Hall–Kier alpha value is -0.550. The van der Waals surface area contributed by atoms with Crippen LogP contribution in [0.3, 0.4) is 0 Å². The van der Waals surface area contributed by atoms with E-state index in [1.165, 1.54) is 0 Å². The molecule has 0 aliphatic carbocycles. The summed E-state index contributed by atoms with van der Waals surface area (Å²) in [6.07, 6.45) is 2.70. The normalized spacial score (nSPS) is 12.6. The zero-order chi connectivity index (χ0) is 15.4. The maximum absolute atomic E-state index is 6.42. The number of hydrogen-bond acceptors (Lipinski definition) is 2. The fraction of sp³-hybridized carbons (Fsp3) is 0.400. The summed E-state index contributed by atoms with van der Waals surface area (Å²) in [5.74, 6) is 0. The van der Waals surface area contributed by atoms with Crippen LogP contribution in [0.1, 0.15) is 37.6 Å². The highest BCUT2D eigenvalue weighted by Crippen LogP contribution is 2.33. The third kappa shape index (κ3) is 3.81.